The maximum absolute atomic E-state index is 12.3. The van der Waals surface area contributed by atoms with E-state index in [-0.39, 0.29) is 23.6 Å². The Labute approximate surface area is 147 Å². The van der Waals surface area contributed by atoms with E-state index in [9.17, 15) is 19.8 Å². The van der Waals surface area contributed by atoms with Crippen LogP contribution in [-0.4, -0.2) is 41.7 Å². The third-order valence-electron chi connectivity index (χ3n) is 3.64. The van der Waals surface area contributed by atoms with Gasteiger partial charge in [0, 0.05) is 30.1 Å². The first kappa shape index (κ1) is 17.0. The lowest BCUT2D eigenvalue weighted by molar-refractivity contribution is 0.0685. The molecule has 9 nitrogen and oxygen atoms in total. The van der Waals surface area contributed by atoms with Crippen molar-refractivity contribution in [2.45, 2.75) is 6.54 Å². The fourth-order valence-corrected chi connectivity index (χ4v) is 2.38. The van der Waals surface area contributed by atoms with Crippen molar-refractivity contribution in [3.63, 3.8) is 0 Å². The predicted octanol–water partition coefficient (Wildman–Crippen LogP) is 1.72. The minimum Gasteiger partial charge on any atom is -0.504 e. The summed E-state index contributed by atoms with van der Waals surface area (Å²) in [6.45, 7) is 0.256. The van der Waals surface area contributed by atoms with Crippen LogP contribution in [-0.2, 0) is 6.54 Å². The molecule has 0 saturated heterocycles. The third kappa shape index (κ3) is 3.61. The Kier molecular flexibility index (Phi) is 4.52. The second kappa shape index (κ2) is 6.93. The fourth-order valence-electron chi connectivity index (χ4n) is 2.38. The van der Waals surface area contributed by atoms with Crippen LogP contribution < -0.4 is 5.73 Å². The number of nitrogens with one attached hydrogen (secondary N) is 1. The Morgan fingerprint density at radius 3 is 2.58 bits per heavy atom. The average Bonchev–Trinajstić information content (AvgIpc) is 3.26. The smallest absolute Gasteiger partial charge is 0.352 e. The predicted molar refractivity (Wildman–Crippen MR) is 92.7 cm³/mol. The van der Waals surface area contributed by atoms with E-state index in [4.69, 9.17) is 5.73 Å². The van der Waals surface area contributed by atoms with Gasteiger partial charge < -0.3 is 20.5 Å². The van der Waals surface area contributed by atoms with E-state index in [1.54, 1.807) is 24.3 Å². The number of H-pyrrole nitrogens is 1. The fraction of sp³-hybridized carbons (Fsp3) is 0.0588. The summed E-state index contributed by atoms with van der Waals surface area (Å²) in [4.78, 5) is 27.5. The summed E-state index contributed by atoms with van der Waals surface area (Å²) in [5, 5.41) is 25.3. The Hall–Kier alpha value is -3.88. The van der Waals surface area contributed by atoms with Gasteiger partial charge in [0.15, 0.2) is 11.5 Å². The van der Waals surface area contributed by atoms with Crippen molar-refractivity contribution in [2.75, 3.05) is 5.73 Å². The van der Waals surface area contributed by atoms with Crippen LogP contribution in [0.2, 0.25) is 0 Å². The summed E-state index contributed by atoms with van der Waals surface area (Å²) in [6.07, 6.45) is 3.62. The summed E-state index contributed by atoms with van der Waals surface area (Å²) in [6, 6.07) is 8.23. The molecule has 26 heavy (non-hydrogen) atoms. The second-order valence-corrected chi connectivity index (χ2v) is 5.51. The van der Waals surface area contributed by atoms with Crippen LogP contribution in [0.3, 0.4) is 0 Å². The van der Waals surface area contributed by atoms with Crippen molar-refractivity contribution >= 4 is 23.2 Å². The van der Waals surface area contributed by atoms with Gasteiger partial charge in [-0.3, -0.25) is 9.89 Å². The van der Waals surface area contributed by atoms with Crippen molar-refractivity contribution in [2.24, 2.45) is 0 Å². The Morgan fingerprint density at radius 1 is 1.23 bits per heavy atom. The van der Waals surface area contributed by atoms with E-state index in [1.807, 2.05) is 0 Å². The molecule has 0 bridgehead atoms. The number of nitrogens with zero attached hydrogens (tertiary/aromatic N) is 3. The van der Waals surface area contributed by atoms with Gasteiger partial charge in [-0.05, 0) is 23.8 Å². The molecule has 3 aromatic rings. The third-order valence-corrected chi connectivity index (χ3v) is 3.64. The average molecular weight is 353 g/mol. The number of aliphatic hydroxyl groups excluding tert-OH is 1. The van der Waals surface area contributed by atoms with E-state index >= 15 is 0 Å². The summed E-state index contributed by atoms with van der Waals surface area (Å²) < 4.78 is 1.44. The number of hydrogen-bond acceptors (Lipinski definition) is 6. The number of benzene rings is 1. The number of hydrogen-bond donors (Lipinski definition) is 4. The lowest BCUT2D eigenvalue weighted by Crippen LogP contribution is -2.08. The zero-order chi connectivity index (χ0) is 18.7. The van der Waals surface area contributed by atoms with Gasteiger partial charge in [-0.1, -0.05) is 12.1 Å². The number of nitrogens with two attached hydrogens (primary N) is 1. The van der Waals surface area contributed by atoms with E-state index in [2.05, 4.69) is 15.2 Å². The van der Waals surface area contributed by atoms with Gasteiger partial charge in [0.2, 0.25) is 5.82 Å². The zero-order valence-corrected chi connectivity index (χ0v) is 13.5. The van der Waals surface area contributed by atoms with Crippen LogP contribution in [0.15, 0.2) is 48.9 Å². The normalized spacial score (nSPS) is 11.5. The molecule has 0 saturated carbocycles. The van der Waals surface area contributed by atoms with Crippen molar-refractivity contribution in [3.05, 3.63) is 71.6 Å². The number of allylic oxidation sites excluding steroid dienone is 1. The molecular formula is C17H15N5O4. The lowest BCUT2D eigenvalue weighted by atomic mass is 10.2. The number of aromatic amines is 1. The molecule has 0 radical (unpaired) electrons. The van der Waals surface area contributed by atoms with Gasteiger partial charge >= 0.3 is 5.97 Å². The van der Waals surface area contributed by atoms with Crippen LogP contribution >= 0.6 is 0 Å². The van der Waals surface area contributed by atoms with Crippen molar-refractivity contribution in [1.82, 2.24) is 19.7 Å². The first-order valence-corrected chi connectivity index (χ1v) is 7.53. The SMILES string of the molecule is Nc1ccc(Cn2cc(C(=O)C=C(O)c3nc[nH]n3)cc2C(=O)O)cc1. The number of aromatic carboxylic acids is 1. The highest BCUT2D eigenvalue weighted by atomic mass is 16.4. The molecular weight excluding hydrogens is 338 g/mol. The van der Waals surface area contributed by atoms with Crippen molar-refractivity contribution < 1.29 is 19.8 Å². The number of ketones is 1. The van der Waals surface area contributed by atoms with Crippen LogP contribution in [0.4, 0.5) is 5.69 Å². The Bertz CT molecular complexity index is 971. The van der Waals surface area contributed by atoms with Gasteiger partial charge in [-0.25, -0.2) is 9.78 Å². The number of carboxylic acid groups (broad SMARTS) is 1. The Balaban J connectivity index is 1.89. The first-order chi connectivity index (χ1) is 12.4. The number of carbonyl (C=O) groups is 2. The second-order valence-electron chi connectivity index (χ2n) is 5.51. The number of aliphatic hydroxyl groups is 1. The van der Waals surface area contributed by atoms with Gasteiger partial charge in [0.1, 0.15) is 12.0 Å². The lowest BCUT2D eigenvalue weighted by Gasteiger charge is -2.06. The molecule has 132 valence electrons. The van der Waals surface area contributed by atoms with Gasteiger partial charge in [0.05, 0.1) is 0 Å². The zero-order valence-electron chi connectivity index (χ0n) is 13.5. The van der Waals surface area contributed by atoms with Gasteiger partial charge in [-0.2, -0.15) is 5.10 Å². The highest BCUT2D eigenvalue weighted by Gasteiger charge is 2.17. The van der Waals surface area contributed by atoms with E-state index in [0.29, 0.717) is 5.69 Å². The first-order valence-electron chi connectivity index (χ1n) is 7.53. The molecule has 0 aliphatic carbocycles. The number of rotatable bonds is 6. The summed E-state index contributed by atoms with van der Waals surface area (Å²) >= 11 is 0. The summed E-state index contributed by atoms with van der Waals surface area (Å²) in [5.74, 6) is -2.18. The number of carbonyl (C=O) groups excluding carboxylic acids is 1. The Morgan fingerprint density at radius 2 is 1.96 bits per heavy atom. The highest BCUT2D eigenvalue weighted by Crippen LogP contribution is 2.16. The number of carboxylic acids is 1. The van der Waals surface area contributed by atoms with E-state index < -0.39 is 17.5 Å². The molecule has 0 amide bonds. The quantitative estimate of drug-likeness (QED) is 0.228. The van der Waals surface area contributed by atoms with Crippen LogP contribution in [0.1, 0.15) is 32.2 Å². The maximum Gasteiger partial charge on any atom is 0.352 e. The van der Waals surface area contributed by atoms with Gasteiger partial charge in [-0.15, -0.1) is 0 Å². The van der Waals surface area contributed by atoms with Crippen molar-refractivity contribution in [1.29, 1.82) is 0 Å². The van der Waals surface area contributed by atoms with Crippen LogP contribution in [0.5, 0.6) is 0 Å². The van der Waals surface area contributed by atoms with Crippen LogP contribution in [0.25, 0.3) is 5.76 Å². The topological polar surface area (TPSA) is 147 Å². The molecule has 2 aromatic heterocycles. The molecule has 0 aliphatic heterocycles. The number of anilines is 1. The minimum atomic E-state index is -1.17. The molecule has 2 heterocycles. The largest absolute Gasteiger partial charge is 0.504 e. The monoisotopic (exact) mass is 353 g/mol. The molecule has 9 heteroatoms. The molecule has 0 atom stereocenters. The molecule has 0 unspecified atom stereocenters. The molecule has 0 aliphatic rings. The molecule has 0 fully saturated rings. The van der Waals surface area contributed by atoms with E-state index in [1.165, 1.54) is 23.2 Å². The van der Waals surface area contributed by atoms with Crippen LogP contribution in [0, 0.1) is 0 Å². The van der Waals surface area contributed by atoms with Gasteiger partial charge in [0.25, 0.3) is 0 Å². The minimum absolute atomic E-state index is 0.0295. The summed E-state index contributed by atoms with van der Waals surface area (Å²) in [5.41, 5.74) is 7.15. The number of aromatic nitrogens is 4. The van der Waals surface area contributed by atoms with Crippen molar-refractivity contribution in [3.8, 4) is 0 Å². The number of nitrogen functional groups attached to an aromatic ring is 1. The molecule has 1 aromatic carbocycles. The molecule has 3 rings (SSSR count). The summed E-state index contributed by atoms with van der Waals surface area (Å²) in [7, 11) is 0. The maximum atomic E-state index is 12.3. The molecule has 0 spiro atoms. The molecule has 5 N–H and O–H groups in total. The van der Waals surface area contributed by atoms with E-state index in [0.717, 1.165) is 11.6 Å². The highest BCUT2D eigenvalue weighted by molar-refractivity contribution is 6.08. The standard InChI is InChI=1S/C17H15N5O4/c18-12-3-1-10(2-4-12)7-22-8-11(5-13(22)17(25)26)14(23)6-15(24)16-19-9-20-21-16/h1-6,8-9,24H,7,18H2,(H,25,26)(H,19,20,21).